The second kappa shape index (κ2) is 5.23. The number of rotatable bonds is 3. The summed E-state index contributed by atoms with van der Waals surface area (Å²) in [6.07, 6.45) is 1.71. The molecule has 0 aliphatic heterocycles. The molecule has 2 rings (SSSR count). The Morgan fingerprint density at radius 3 is 3.00 bits per heavy atom. The van der Waals surface area contributed by atoms with Crippen LogP contribution in [0.5, 0.6) is 0 Å². The van der Waals surface area contributed by atoms with E-state index in [-0.39, 0.29) is 5.91 Å². The number of nitrogens with zero attached hydrogens (tertiary/aromatic N) is 1. The van der Waals surface area contributed by atoms with Crippen LogP contribution in [0, 0.1) is 0 Å². The zero-order valence-corrected chi connectivity index (χ0v) is 10.7. The Balaban J connectivity index is 1.94. The molecular formula is C11H9BrN2OS. The number of thiophene rings is 1. The van der Waals surface area contributed by atoms with Crippen LogP contribution in [0.2, 0.25) is 0 Å². The lowest BCUT2D eigenvalue weighted by molar-refractivity contribution is 0.0951. The zero-order chi connectivity index (χ0) is 11.4. The highest BCUT2D eigenvalue weighted by atomic mass is 79.9. The lowest BCUT2D eigenvalue weighted by Crippen LogP contribution is -2.22. The first-order valence-electron chi connectivity index (χ1n) is 4.68. The molecule has 16 heavy (non-hydrogen) atoms. The van der Waals surface area contributed by atoms with E-state index in [2.05, 4.69) is 26.2 Å². The first-order valence-corrected chi connectivity index (χ1v) is 6.35. The molecule has 0 aliphatic rings. The summed E-state index contributed by atoms with van der Waals surface area (Å²) in [5.41, 5.74) is 1.53. The van der Waals surface area contributed by atoms with Crippen LogP contribution in [-0.4, -0.2) is 10.9 Å². The maximum atomic E-state index is 11.7. The molecule has 0 bridgehead atoms. The van der Waals surface area contributed by atoms with Crippen molar-refractivity contribution in [2.75, 3.05) is 0 Å². The molecule has 1 N–H and O–H groups in total. The molecule has 2 aromatic rings. The molecule has 2 heterocycles. The first-order chi connectivity index (χ1) is 7.75. The molecule has 3 nitrogen and oxygen atoms in total. The molecule has 0 atom stereocenters. The van der Waals surface area contributed by atoms with Crippen molar-refractivity contribution in [3.63, 3.8) is 0 Å². The lowest BCUT2D eigenvalue weighted by Gasteiger charge is -2.02. The minimum absolute atomic E-state index is 0.0763. The molecule has 0 spiro atoms. The van der Waals surface area contributed by atoms with Crippen molar-refractivity contribution < 1.29 is 4.79 Å². The SMILES string of the molecule is O=C(NCc1ccccn1)c1csc(Br)c1. The van der Waals surface area contributed by atoms with Gasteiger partial charge in [0.05, 0.1) is 21.6 Å². The maximum Gasteiger partial charge on any atom is 0.252 e. The highest BCUT2D eigenvalue weighted by Gasteiger charge is 2.07. The highest BCUT2D eigenvalue weighted by molar-refractivity contribution is 9.11. The predicted molar refractivity (Wildman–Crippen MR) is 67.4 cm³/mol. The number of nitrogens with one attached hydrogen (secondary N) is 1. The largest absolute Gasteiger partial charge is 0.346 e. The topological polar surface area (TPSA) is 42.0 Å². The predicted octanol–water partition coefficient (Wildman–Crippen LogP) is 2.84. The van der Waals surface area contributed by atoms with Gasteiger partial charge < -0.3 is 5.32 Å². The Hall–Kier alpha value is -1.20. The molecule has 1 amide bonds. The minimum atomic E-state index is -0.0763. The molecule has 5 heteroatoms. The van der Waals surface area contributed by atoms with Crippen LogP contribution in [0.4, 0.5) is 0 Å². The molecule has 0 saturated carbocycles. The Labute approximate surface area is 106 Å². The van der Waals surface area contributed by atoms with Crippen molar-refractivity contribution in [1.29, 1.82) is 0 Å². The number of hydrogen-bond acceptors (Lipinski definition) is 3. The Morgan fingerprint density at radius 1 is 1.50 bits per heavy atom. The van der Waals surface area contributed by atoms with Crippen LogP contribution in [0.15, 0.2) is 39.6 Å². The van der Waals surface area contributed by atoms with Crippen molar-refractivity contribution >= 4 is 33.2 Å². The number of pyridine rings is 1. The number of carbonyl (C=O) groups is 1. The third kappa shape index (κ3) is 2.90. The maximum absolute atomic E-state index is 11.7. The van der Waals surface area contributed by atoms with E-state index < -0.39 is 0 Å². The van der Waals surface area contributed by atoms with Crippen molar-refractivity contribution in [3.05, 3.63) is 50.9 Å². The summed E-state index contributed by atoms with van der Waals surface area (Å²) >= 11 is 4.82. The van der Waals surface area contributed by atoms with Gasteiger partial charge in [-0.1, -0.05) is 6.07 Å². The molecular weight excluding hydrogens is 288 g/mol. The van der Waals surface area contributed by atoms with E-state index in [0.29, 0.717) is 12.1 Å². The second-order valence-electron chi connectivity index (χ2n) is 3.14. The van der Waals surface area contributed by atoms with Gasteiger partial charge in [0.25, 0.3) is 5.91 Å². The summed E-state index contributed by atoms with van der Waals surface area (Å²) in [5, 5.41) is 4.63. The van der Waals surface area contributed by atoms with Crippen LogP contribution in [0.25, 0.3) is 0 Å². The Bertz CT molecular complexity index is 484. The lowest BCUT2D eigenvalue weighted by atomic mass is 10.3. The summed E-state index contributed by atoms with van der Waals surface area (Å²) in [5.74, 6) is -0.0763. The highest BCUT2D eigenvalue weighted by Crippen LogP contribution is 2.20. The van der Waals surface area contributed by atoms with Crippen LogP contribution in [0.3, 0.4) is 0 Å². The van der Waals surface area contributed by atoms with E-state index in [9.17, 15) is 4.79 Å². The van der Waals surface area contributed by atoms with Gasteiger partial charge >= 0.3 is 0 Å². The Kier molecular flexibility index (Phi) is 3.69. The van der Waals surface area contributed by atoms with Gasteiger partial charge in [-0.15, -0.1) is 11.3 Å². The van der Waals surface area contributed by atoms with Crippen LogP contribution in [0.1, 0.15) is 16.1 Å². The summed E-state index contributed by atoms with van der Waals surface area (Å²) in [6, 6.07) is 7.43. The number of halogens is 1. The second-order valence-corrected chi connectivity index (χ2v) is 5.43. The molecule has 0 aliphatic carbocycles. The van der Waals surface area contributed by atoms with E-state index in [1.165, 1.54) is 11.3 Å². The smallest absolute Gasteiger partial charge is 0.252 e. The fourth-order valence-corrected chi connectivity index (χ4v) is 2.34. The average molecular weight is 297 g/mol. The molecule has 2 aromatic heterocycles. The summed E-state index contributed by atoms with van der Waals surface area (Å²) in [6.45, 7) is 0.452. The number of hydrogen-bond donors (Lipinski definition) is 1. The minimum Gasteiger partial charge on any atom is -0.346 e. The van der Waals surface area contributed by atoms with Gasteiger partial charge in [0.1, 0.15) is 0 Å². The molecule has 0 aromatic carbocycles. The van der Waals surface area contributed by atoms with Gasteiger partial charge in [-0.05, 0) is 34.1 Å². The quantitative estimate of drug-likeness (QED) is 0.946. The van der Waals surface area contributed by atoms with Crippen molar-refractivity contribution in [2.45, 2.75) is 6.54 Å². The van der Waals surface area contributed by atoms with Crippen LogP contribution < -0.4 is 5.32 Å². The summed E-state index contributed by atoms with van der Waals surface area (Å²) in [4.78, 5) is 15.8. The number of aromatic nitrogens is 1. The molecule has 0 radical (unpaired) electrons. The van der Waals surface area contributed by atoms with Crippen LogP contribution in [-0.2, 0) is 6.54 Å². The van der Waals surface area contributed by atoms with E-state index in [4.69, 9.17) is 0 Å². The molecule has 82 valence electrons. The van der Waals surface area contributed by atoms with Gasteiger partial charge in [-0.2, -0.15) is 0 Å². The van der Waals surface area contributed by atoms with Crippen LogP contribution >= 0.6 is 27.3 Å². The fourth-order valence-electron chi connectivity index (χ4n) is 1.20. The molecule has 0 unspecified atom stereocenters. The third-order valence-corrected chi connectivity index (χ3v) is 3.49. The summed E-state index contributed by atoms with van der Waals surface area (Å²) < 4.78 is 0.954. The number of carbonyl (C=O) groups excluding carboxylic acids is 1. The van der Waals surface area contributed by atoms with Gasteiger partial charge in [0.2, 0.25) is 0 Å². The van der Waals surface area contributed by atoms with E-state index >= 15 is 0 Å². The molecule has 0 fully saturated rings. The standard InChI is InChI=1S/C11H9BrN2OS/c12-10-5-8(7-16-10)11(15)14-6-9-3-1-2-4-13-9/h1-5,7H,6H2,(H,14,15). The van der Waals surface area contributed by atoms with Crippen molar-refractivity contribution in [2.24, 2.45) is 0 Å². The summed E-state index contributed by atoms with van der Waals surface area (Å²) in [7, 11) is 0. The van der Waals surface area contributed by atoms with E-state index in [1.807, 2.05) is 23.6 Å². The Morgan fingerprint density at radius 2 is 2.38 bits per heavy atom. The van der Waals surface area contributed by atoms with E-state index in [1.54, 1.807) is 12.3 Å². The van der Waals surface area contributed by atoms with Crippen molar-refractivity contribution in [3.8, 4) is 0 Å². The van der Waals surface area contributed by atoms with Crippen molar-refractivity contribution in [1.82, 2.24) is 10.3 Å². The zero-order valence-electron chi connectivity index (χ0n) is 8.31. The van der Waals surface area contributed by atoms with Gasteiger partial charge in [0.15, 0.2) is 0 Å². The molecule has 0 saturated heterocycles. The monoisotopic (exact) mass is 296 g/mol. The number of amides is 1. The fraction of sp³-hybridized carbons (Fsp3) is 0.0909. The van der Waals surface area contributed by atoms with Gasteiger partial charge in [-0.25, -0.2) is 0 Å². The van der Waals surface area contributed by atoms with Gasteiger partial charge in [-0.3, -0.25) is 9.78 Å². The van der Waals surface area contributed by atoms with E-state index in [0.717, 1.165) is 9.48 Å². The normalized spacial score (nSPS) is 10.1. The van der Waals surface area contributed by atoms with Gasteiger partial charge in [0, 0.05) is 11.6 Å². The third-order valence-electron chi connectivity index (χ3n) is 1.99. The first kappa shape index (κ1) is 11.3. The average Bonchev–Trinajstić information content (AvgIpc) is 2.74.